The monoisotopic (exact) mass is 195 g/mol. The quantitative estimate of drug-likeness (QED) is 0.579. The average Bonchev–Trinajstić information content (AvgIpc) is 2.23. The van der Waals surface area contributed by atoms with Crippen molar-refractivity contribution in [2.75, 3.05) is 19.8 Å². The van der Waals surface area contributed by atoms with Gasteiger partial charge in [-0.1, -0.05) is 6.07 Å². The van der Waals surface area contributed by atoms with Gasteiger partial charge in [-0.05, 0) is 17.7 Å². The smallest absolute Gasteiger partial charge is 0.157 e. The van der Waals surface area contributed by atoms with E-state index in [1.165, 1.54) is 6.07 Å². The topological polar surface area (TPSA) is 61.7 Å². The third-order valence-electron chi connectivity index (χ3n) is 2.32. The van der Waals surface area contributed by atoms with Gasteiger partial charge < -0.3 is 20.3 Å². The van der Waals surface area contributed by atoms with Crippen molar-refractivity contribution in [2.24, 2.45) is 0 Å². The van der Waals surface area contributed by atoms with Crippen LogP contribution in [0.5, 0.6) is 11.5 Å². The van der Waals surface area contributed by atoms with Crippen LogP contribution >= 0.6 is 0 Å². The van der Waals surface area contributed by atoms with Gasteiger partial charge in [0.15, 0.2) is 11.5 Å². The van der Waals surface area contributed by atoms with Crippen LogP contribution in [-0.4, -0.2) is 30.0 Å². The average molecular weight is 195 g/mol. The van der Waals surface area contributed by atoms with Crippen LogP contribution in [0.15, 0.2) is 18.2 Å². The maximum Gasteiger partial charge on any atom is 0.157 e. The first-order chi connectivity index (χ1) is 6.77. The van der Waals surface area contributed by atoms with Crippen molar-refractivity contribution in [1.82, 2.24) is 5.32 Å². The summed E-state index contributed by atoms with van der Waals surface area (Å²) in [5.41, 5.74) is 0.931. The van der Waals surface area contributed by atoms with Crippen LogP contribution < -0.4 is 5.32 Å². The molecule has 14 heavy (non-hydrogen) atoms. The molecule has 1 aromatic carbocycles. The first-order valence-corrected chi connectivity index (χ1v) is 4.60. The Balaban J connectivity index is 2.18. The number of benzene rings is 1. The molecule has 0 saturated carbocycles. The van der Waals surface area contributed by atoms with E-state index in [0.29, 0.717) is 6.61 Å². The van der Waals surface area contributed by atoms with Crippen molar-refractivity contribution in [1.29, 1.82) is 0 Å². The number of phenolic OH excluding ortho intramolecular Hbond substituents is 2. The highest BCUT2D eigenvalue weighted by Crippen LogP contribution is 2.28. The summed E-state index contributed by atoms with van der Waals surface area (Å²) in [6.07, 6.45) is 0. The molecule has 4 heteroatoms. The Hall–Kier alpha value is -1.26. The molecule has 0 spiro atoms. The fourth-order valence-electron chi connectivity index (χ4n) is 1.54. The van der Waals surface area contributed by atoms with Gasteiger partial charge in [0.05, 0.1) is 19.3 Å². The van der Waals surface area contributed by atoms with Gasteiger partial charge in [-0.3, -0.25) is 0 Å². The Labute approximate surface area is 82.1 Å². The molecule has 1 aromatic rings. The van der Waals surface area contributed by atoms with Crippen LogP contribution in [0.2, 0.25) is 0 Å². The zero-order chi connectivity index (χ0) is 9.97. The van der Waals surface area contributed by atoms with Gasteiger partial charge in [0.1, 0.15) is 0 Å². The summed E-state index contributed by atoms with van der Waals surface area (Å²) < 4.78 is 5.30. The second-order valence-corrected chi connectivity index (χ2v) is 3.33. The molecule has 4 nitrogen and oxygen atoms in total. The summed E-state index contributed by atoms with van der Waals surface area (Å²) in [4.78, 5) is 0. The maximum atomic E-state index is 9.31. The van der Waals surface area contributed by atoms with Crippen LogP contribution in [0.1, 0.15) is 11.6 Å². The van der Waals surface area contributed by atoms with Gasteiger partial charge >= 0.3 is 0 Å². The fraction of sp³-hybridized carbons (Fsp3) is 0.400. The zero-order valence-electron chi connectivity index (χ0n) is 7.73. The van der Waals surface area contributed by atoms with Crippen LogP contribution in [0.3, 0.4) is 0 Å². The molecule has 3 N–H and O–H groups in total. The zero-order valence-corrected chi connectivity index (χ0v) is 7.73. The lowest BCUT2D eigenvalue weighted by atomic mass is 10.1. The Morgan fingerprint density at radius 1 is 1.29 bits per heavy atom. The predicted octanol–water partition coefficient (Wildman–Crippen LogP) is 0.759. The van der Waals surface area contributed by atoms with Gasteiger partial charge in [-0.2, -0.15) is 0 Å². The van der Waals surface area contributed by atoms with E-state index in [4.69, 9.17) is 9.84 Å². The molecule has 1 aliphatic heterocycles. The summed E-state index contributed by atoms with van der Waals surface area (Å²) >= 11 is 0. The molecule has 1 atom stereocenters. The van der Waals surface area contributed by atoms with Crippen molar-refractivity contribution < 1.29 is 14.9 Å². The minimum Gasteiger partial charge on any atom is -0.504 e. The Kier molecular flexibility index (Phi) is 2.56. The van der Waals surface area contributed by atoms with Crippen LogP contribution in [0.4, 0.5) is 0 Å². The second kappa shape index (κ2) is 3.86. The molecular formula is C10H13NO3. The summed E-state index contributed by atoms with van der Waals surface area (Å²) in [5.74, 6) is -0.180. The van der Waals surface area contributed by atoms with Crippen LogP contribution in [-0.2, 0) is 4.74 Å². The molecule has 0 radical (unpaired) electrons. The van der Waals surface area contributed by atoms with E-state index in [-0.39, 0.29) is 17.5 Å². The van der Waals surface area contributed by atoms with E-state index in [9.17, 15) is 5.11 Å². The highest BCUT2D eigenvalue weighted by atomic mass is 16.5. The molecule has 0 amide bonds. The van der Waals surface area contributed by atoms with Gasteiger partial charge in [-0.15, -0.1) is 0 Å². The molecule has 1 saturated heterocycles. The summed E-state index contributed by atoms with van der Waals surface area (Å²) in [6, 6.07) is 4.93. The standard InChI is InChI=1S/C10H13NO3/c12-9-2-1-7(5-10(9)13)8-6-14-4-3-11-8/h1-2,5,8,11-13H,3-4,6H2/t8-/m1/s1. The second-order valence-electron chi connectivity index (χ2n) is 3.33. The number of rotatable bonds is 1. The largest absolute Gasteiger partial charge is 0.504 e. The van der Waals surface area contributed by atoms with E-state index in [1.807, 2.05) is 0 Å². The first-order valence-electron chi connectivity index (χ1n) is 4.60. The lowest BCUT2D eigenvalue weighted by molar-refractivity contribution is 0.0768. The maximum absolute atomic E-state index is 9.31. The first kappa shape index (κ1) is 9.30. The summed E-state index contributed by atoms with van der Waals surface area (Å²) in [7, 11) is 0. The number of aromatic hydroxyl groups is 2. The minimum atomic E-state index is -0.0922. The molecule has 0 aromatic heterocycles. The van der Waals surface area contributed by atoms with Gasteiger partial charge in [-0.25, -0.2) is 0 Å². The van der Waals surface area contributed by atoms with Crippen molar-refractivity contribution in [2.45, 2.75) is 6.04 Å². The highest BCUT2D eigenvalue weighted by Gasteiger charge is 2.15. The van der Waals surface area contributed by atoms with E-state index in [0.717, 1.165) is 18.7 Å². The molecule has 1 heterocycles. The minimum absolute atomic E-state index is 0.0881. The number of ether oxygens (including phenoxy) is 1. The summed E-state index contributed by atoms with van der Waals surface area (Å²) in [5, 5.41) is 21.7. The normalized spacial score (nSPS) is 22.1. The predicted molar refractivity (Wildman–Crippen MR) is 51.3 cm³/mol. The number of hydrogen-bond donors (Lipinski definition) is 3. The molecule has 2 rings (SSSR count). The molecule has 76 valence electrons. The van der Waals surface area contributed by atoms with Crippen LogP contribution in [0, 0.1) is 0 Å². The molecule has 0 aliphatic carbocycles. The van der Waals surface area contributed by atoms with Crippen molar-refractivity contribution in [3.8, 4) is 11.5 Å². The third-order valence-corrected chi connectivity index (χ3v) is 2.32. The van der Waals surface area contributed by atoms with E-state index < -0.39 is 0 Å². The lowest BCUT2D eigenvalue weighted by Crippen LogP contribution is -2.34. The Bertz CT molecular complexity index is 321. The summed E-state index contributed by atoms with van der Waals surface area (Å²) in [6.45, 7) is 2.14. The molecule has 0 unspecified atom stereocenters. The molecule has 1 aliphatic rings. The molecule has 0 bridgehead atoms. The molecule has 1 fully saturated rings. The van der Waals surface area contributed by atoms with Gasteiger partial charge in [0, 0.05) is 6.54 Å². The van der Waals surface area contributed by atoms with Crippen LogP contribution in [0.25, 0.3) is 0 Å². The van der Waals surface area contributed by atoms with Gasteiger partial charge in [0.2, 0.25) is 0 Å². The van der Waals surface area contributed by atoms with Crippen molar-refractivity contribution >= 4 is 0 Å². The SMILES string of the molecule is Oc1ccc([C@H]2COCCN2)cc1O. The Morgan fingerprint density at radius 3 is 2.79 bits per heavy atom. The fourth-order valence-corrected chi connectivity index (χ4v) is 1.54. The van der Waals surface area contributed by atoms with Crippen molar-refractivity contribution in [3.63, 3.8) is 0 Å². The van der Waals surface area contributed by atoms with E-state index >= 15 is 0 Å². The number of phenols is 2. The van der Waals surface area contributed by atoms with E-state index in [1.54, 1.807) is 12.1 Å². The highest BCUT2D eigenvalue weighted by molar-refractivity contribution is 5.41. The Morgan fingerprint density at radius 2 is 2.14 bits per heavy atom. The number of hydrogen-bond acceptors (Lipinski definition) is 4. The van der Waals surface area contributed by atoms with E-state index in [2.05, 4.69) is 5.32 Å². The van der Waals surface area contributed by atoms with Crippen molar-refractivity contribution in [3.05, 3.63) is 23.8 Å². The number of morpholine rings is 1. The molecular weight excluding hydrogens is 182 g/mol. The third kappa shape index (κ3) is 1.81. The lowest BCUT2D eigenvalue weighted by Gasteiger charge is -2.24. The van der Waals surface area contributed by atoms with Gasteiger partial charge in [0.25, 0.3) is 0 Å². The number of nitrogens with one attached hydrogen (secondary N) is 1.